The Hall–Kier alpha value is -3.49. The number of rotatable bonds is 4. The van der Waals surface area contributed by atoms with Crippen molar-refractivity contribution in [3.05, 3.63) is 81.7 Å². The van der Waals surface area contributed by atoms with Gasteiger partial charge >= 0.3 is 0 Å². The molecule has 2 aromatic carbocycles. The third-order valence-corrected chi connectivity index (χ3v) is 6.27. The number of aromatic nitrogens is 1. The molecule has 1 amide bonds. The number of aryl methyl sites for hydroxylation is 2. The van der Waals surface area contributed by atoms with Gasteiger partial charge < -0.3 is 5.32 Å². The molecule has 2 heterocycles. The summed E-state index contributed by atoms with van der Waals surface area (Å²) in [5, 5.41) is 14.0. The highest BCUT2D eigenvalue weighted by molar-refractivity contribution is 7.16. The second-order valence-electron chi connectivity index (χ2n) is 7.20. The minimum Gasteiger partial charge on any atom is -0.312 e. The maximum absolute atomic E-state index is 13.3. The Balaban J connectivity index is 1.81. The van der Waals surface area contributed by atoms with Crippen LogP contribution in [0.4, 0.5) is 5.00 Å². The van der Waals surface area contributed by atoms with E-state index >= 15 is 0 Å². The van der Waals surface area contributed by atoms with Gasteiger partial charge in [-0.15, -0.1) is 11.3 Å². The third-order valence-electron chi connectivity index (χ3n) is 5.21. The lowest BCUT2D eigenvalue weighted by molar-refractivity contribution is 0.102. The van der Waals surface area contributed by atoms with Crippen LogP contribution in [-0.4, -0.2) is 10.9 Å². The lowest BCUT2D eigenvalue weighted by Crippen LogP contribution is -2.13. The molecule has 0 radical (unpaired) electrons. The number of nitrogens with one attached hydrogen (secondary N) is 1. The minimum absolute atomic E-state index is 0.234. The molecule has 4 nitrogen and oxygen atoms in total. The zero-order valence-corrected chi connectivity index (χ0v) is 17.9. The van der Waals surface area contributed by atoms with Gasteiger partial charge in [-0.1, -0.05) is 55.0 Å². The lowest BCUT2D eigenvalue weighted by Gasteiger charge is -2.10. The highest BCUT2D eigenvalue weighted by atomic mass is 32.1. The van der Waals surface area contributed by atoms with Crippen LogP contribution in [0.3, 0.4) is 0 Å². The van der Waals surface area contributed by atoms with Gasteiger partial charge in [0.25, 0.3) is 5.91 Å². The number of fused-ring (bicyclic) bond motifs is 1. The molecule has 0 saturated carbocycles. The van der Waals surface area contributed by atoms with Crippen molar-refractivity contribution in [1.82, 2.24) is 4.98 Å². The highest BCUT2D eigenvalue weighted by Crippen LogP contribution is 2.34. The van der Waals surface area contributed by atoms with Crippen LogP contribution in [0, 0.1) is 25.2 Å². The van der Waals surface area contributed by atoms with Crippen molar-refractivity contribution in [2.75, 3.05) is 5.32 Å². The predicted octanol–water partition coefficient (Wildman–Crippen LogP) is 6.27. The molecule has 0 aliphatic rings. The van der Waals surface area contributed by atoms with Crippen LogP contribution >= 0.6 is 11.3 Å². The molecule has 0 spiro atoms. The SMILES string of the molecule is CCc1c(C)sc(NC(=O)c2cc(-c3ccc(C)cc3)nc3ccccc23)c1C#N. The van der Waals surface area contributed by atoms with E-state index < -0.39 is 0 Å². The van der Waals surface area contributed by atoms with E-state index in [1.165, 1.54) is 16.9 Å². The fourth-order valence-corrected chi connectivity index (χ4v) is 4.71. The van der Waals surface area contributed by atoms with Crippen molar-refractivity contribution in [3.8, 4) is 17.3 Å². The molecule has 2 aromatic heterocycles. The number of hydrogen-bond donors (Lipinski definition) is 1. The van der Waals surface area contributed by atoms with Gasteiger partial charge in [0.2, 0.25) is 0 Å². The lowest BCUT2D eigenvalue weighted by atomic mass is 10.0. The summed E-state index contributed by atoms with van der Waals surface area (Å²) in [4.78, 5) is 19.1. The predicted molar refractivity (Wildman–Crippen MR) is 123 cm³/mol. The molecule has 0 unspecified atom stereocenters. The maximum atomic E-state index is 13.3. The molecular formula is C25H21N3OS. The zero-order chi connectivity index (χ0) is 21.3. The summed E-state index contributed by atoms with van der Waals surface area (Å²) in [5.41, 5.74) is 5.74. The Morgan fingerprint density at radius 3 is 2.57 bits per heavy atom. The van der Waals surface area contributed by atoms with Crippen LogP contribution in [0.2, 0.25) is 0 Å². The molecule has 0 fully saturated rings. The molecule has 0 bridgehead atoms. The summed E-state index contributed by atoms with van der Waals surface area (Å²) in [6, 6.07) is 19.8. The number of amides is 1. The second-order valence-corrected chi connectivity index (χ2v) is 8.42. The summed E-state index contributed by atoms with van der Waals surface area (Å²) in [6.45, 7) is 6.04. The van der Waals surface area contributed by atoms with E-state index in [0.29, 0.717) is 16.1 Å². The Morgan fingerprint density at radius 2 is 1.87 bits per heavy atom. The van der Waals surface area contributed by atoms with Crippen LogP contribution in [0.1, 0.15) is 38.8 Å². The molecule has 0 aliphatic heterocycles. The van der Waals surface area contributed by atoms with Crippen molar-refractivity contribution in [1.29, 1.82) is 5.26 Å². The Kier molecular flexibility index (Phi) is 5.35. The topological polar surface area (TPSA) is 65.8 Å². The third kappa shape index (κ3) is 3.58. The van der Waals surface area contributed by atoms with Gasteiger partial charge in [-0.05, 0) is 38.0 Å². The Morgan fingerprint density at radius 1 is 1.13 bits per heavy atom. The molecule has 148 valence electrons. The van der Waals surface area contributed by atoms with Crippen molar-refractivity contribution in [3.63, 3.8) is 0 Å². The van der Waals surface area contributed by atoms with E-state index in [9.17, 15) is 10.1 Å². The number of para-hydroxylation sites is 1. The summed E-state index contributed by atoms with van der Waals surface area (Å²) >= 11 is 1.45. The first-order chi connectivity index (χ1) is 14.5. The molecule has 4 rings (SSSR count). The number of pyridine rings is 1. The quantitative estimate of drug-likeness (QED) is 0.430. The standard InChI is InChI=1S/C25H21N3OS/c1-4-18-16(3)30-25(21(18)14-26)28-24(29)20-13-23(17-11-9-15(2)10-12-17)27-22-8-6-5-7-19(20)22/h5-13H,4H2,1-3H3,(H,28,29). The fraction of sp³-hybridized carbons (Fsp3) is 0.160. The number of thiophene rings is 1. The summed E-state index contributed by atoms with van der Waals surface area (Å²) in [5.74, 6) is -0.234. The number of carbonyl (C=O) groups is 1. The van der Waals surface area contributed by atoms with Crippen molar-refractivity contribution in [2.24, 2.45) is 0 Å². The van der Waals surface area contributed by atoms with Gasteiger partial charge in [-0.25, -0.2) is 4.98 Å². The molecular weight excluding hydrogens is 390 g/mol. The van der Waals surface area contributed by atoms with E-state index in [1.54, 1.807) is 0 Å². The average molecular weight is 412 g/mol. The minimum atomic E-state index is -0.234. The van der Waals surface area contributed by atoms with E-state index in [2.05, 4.69) is 11.4 Å². The zero-order valence-electron chi connectivity index (χ0n) is 17.1. The number of anilines is 1. The van der Waals surface area contributed by atoms with Crippen molar-refractivity contribution in [2.45, 2.75) is 27.2 Å². The molecule has 30 heavy (non-hydrogen) atoms. The number of nitrogens with zero attached hydrogens (tertiary/aromatic N) is 2. The Labute approximate surface area is 179 Å². The van der Waals surface area contributed by atoms with E-state index in [4.69, 9.17) is 4.98 Å². The first-order valence-corrected chi connectivity index (χ1v) is 10.6. The van der Waals surface area contributed by atoms with E-state index in [1.807, 2.05) is 75.4 Å². The largest absolute Gasteiger partial charge is 0.312 e. The van der Waals surface area contributed by atoms with Crippen LogP contribution < -0.4 is 5.32 Å². The molecule has 0 aliphatic carbocycles. The van der Waals surface area contributed by atoms with E-state index in [-0.39, 0.29) is 5.91 Å². The van der Waals surface area contributed by atoms with Crippen LogP contribution in [0.25, 0.3) is 22.2 Å². The van der Waals surface area contributed by atoms with Gasteiger partial charge in [0.05, 0.1) is 22.3 Å². The molecule has 0 atom stereocenters. The van der Waals surface area contributed by atoms with Crippen LogP contribution in [0.5, 0.6) is 0 Å². The second kappa shape index (κ2) is 8.10. The average Bonchev–Trinajstić information content (AvgIpc) is 3.07. The summed E-state index contributed by atoms with van der Waals surface area (Å²) in [6.07, 6.45) is 0.761. The summed E-state index contributed by atoms with van der Waals surface area (Å²) in [7, 11) is 0. The highest BCUT2D eigenvalue weighted by Gasteiger charge is 2.19. The Bertz CT molecular complexity index is 1300. The molecule has 4 aromatic rings. The molecule has 1 N–H and O–H groups in total. The first kappa shape index (κ1) is 19.8. The van der Waals surface area contributed by atoms with Gasteiger partial charge in [0, 0.05) is 15.8 Å². The van der Waals surface area contributed by atoms with Gasteiger partial charge in [0.1, 0.15) is 11.1 Å². The molecule has 0 saturated heterocycles. The maximum Gasteiger partial charge on any atom is 0.257 e. The van der Waals surface area contributed by atoms with Crippen molar-refractivity contribution < 1.29 is 4.79 Å². The number of benzene rings is 2. The number of hydrogen-bond acceptors (Lipinski definition) is 4. The van der Waals surface area contributed by atoms with Crippen molar-refractivity contribution >= 4 is 33.1 Å². The van der Waals surface area contributed by atoms with Crippen LogP contribution in [0.15, 0.2) is 54.6 Å². The monoisotopic (exact) mass is 411 g/mol. The van der Waals surface area contributed by atoms with Crippen LogP contribution in [-0.2, 0) is 6.42 Å². The summed E-state index contributed by atoms with van der Waals surface area (Å²) < 4.78 is 0. The number of nitriles is 1. The smallest absolute Gasteiger partial charge is 0.257 e. The van der Waals surface area contributed by atoms with Gasteiger partial charge in [-0.2, -0.15) is 5.26 Å². The normalized spacial score (nSPS) is 10.7. The van der Waals surface area contributed by atoms with Gasteiger partial charge in [-0.3, -0.25) is 4.79 Å². The fourth-order valence-electron chi connectivity index (χ4n) is 3.62. The number of carbonyl (C=O) groups excluding carboxylic acids is 1. The van der Waals surface area contributed by atoms with Gasteiger partial charge in [0.15, 0.2) is 0 Å². The first-order valence-electron chi connectivity index (χ1n) is 9.82. The van der Waals surface area contributed by atoms with E-state index in [0.717, 1.165) is 39.0 Å². The molecule has 5 heteroatoms.